The van der Waals surface area contributed by atoms with E-state index in [1.807, 2.05) is 45.8 Å². The molecule has 0 spiro atoms. The minimum absolute atomic E-state index is 0.0816. The lowest BCUT2D eigenvalue weighted by Gasteiger charge is -2.45. The molecule has 1 aromatic carbocycles. The van der Waals surface area contributed by atoms with Gasteiger partial charge in [0.05, 0.1) is 33.7 Å². The van der Waals surface area contributed by atoms with Crippen molar-refractivity contribution in [2.45, 2.75) is 52.7 Å². The van der Waals surface area contributed by atoms with Gasteiger partial charge in [-0.1, -0.05) is 32.0 Å². The summed E-state index contributed by atoms with van der Waals surface area (Å²) < 4.78 is 60.8. The first kappa shape index (κ1) is 34.5. The number of fused-ring (bicyclic) bond motifs is 1. The van der Waals surface area contributed by atoms with E-state index in [-0.39, 0.29) is 64.3 Å². The van der Waals surface area contributed by atoms with E-state index >= 15 is 8.78 Å². The van der Waals surface area contributed by atoms with E-state index < -0.39 is 51.8 Å². The molecule has 0 radical (unpaired) electrons. The van der Waals surface area contributed by atoms with Crippen LogP contribution in [0.2, 0.25) is 5.02 Å². The molecule has 1 amide bonds. The number of likely N-dealkylation sites (N-methyl/N-ethyl adjacent to an activating group) is 1. The van der Waals surface area contributed by atoms with Crippen LogP contribution in [0.4, 0.5) is 28.9 Å². The monoisotopic (exact) mass is 683 g/mol. The number of anilines is 2. The van der Waals surface area contributed by atoms with Crippen LogP contribution >= 0.6 is 11.6 Å². The number of amides is 1. The lowest BCUT2D eigenvalue weighted by Crippen LogP contribution is -2.58. The van der Waals surface area contributed by atoms with Crippen molar-refractivity contribution in [3.63, 3.8) is 0 Å². The molecule has 0 bridgehead atoms. The Kier molecular flexibility index (Phi) is 9.09. The molecule has 2 N–H and O–H groups in total. The molecule has 252 valence electrons. The number of nitrogens with zero attached hydrogens (tertiary/aromatic N) is 6. The number of carbonyl (C=O) groups is 1. The second-order valence-electron chi connectivity index (χ2n) is 12.5. The molecular weight excluding hydrogens is 650 g/mol. The van der Waals surface area contributed by atoms with Crippen LogP contribution in [0, 0.1) is 40.5 Å². The highest BCUT2D eigenvalue weighted by molar-refractivity contribution is 6.34. The van der Waals surface area contributed by atoms with Crippen LogP contribution in [0.5, 0.6) is 0 Å². The van der Waals surface area contributed by atoms with Gasteiger partial charge in [0.15, 0.2) is 23.3 Å². The zero-order valence-corrected chi connectivity index (χ0v) is 28.0. The van der Waals surface area contributed by atoms with Gasteiger partial charge in [-0.2, -0.15) is 5.26 Å². The van der Waals surface area contributed by atoms with Crippen LogP contribution < -0.4 is 16.2 Å². The number of nitrogens with two attached hydrogens (primary N) is 1. The van der Waals surface area contributed by atoms with Crippen LogP contribution in [0.3, 0.4) is 0 Å². The molecule has 3 aromatic rings. The van der Waals surface area contributed by atoms with E-state index in [9.17, 15) is 23.6 Å². The Morgan fingerprint density at radius 3 is 2.33 bits per heavy atom. The number of nitrogen functional groups attached to an aromatic ring is 1. The molecule has 2 aromatic heterocycles. The molecule has 5 rings (SSSR count). The molecule has 9 nitrogen and oxygen atoms in total. The third-order valence-corrected chi connectivity index (χ3v) is 9.23. The van der Waals surface area contributed by atoms with Crippen molar-refractivity contribution in [2.24, 2.45) is 5.92 Å². The highest BCUT2D eigenvalue weighted by atomic mass is 35.5. The summed E-state index contributed by atoms with van der Waals surface area (Å²) in [5, 5.41) is 10.3. The number of pyridine rings is 2. The van der Waals surface area contributed by atoms with Gasteiger partial charge in [-0.05, 0) is 56.7 Å². The van der Waals surface area contributed by atoms with Crippen LogP contribution in [-0.2, 0) is 4.79 Å². The van der Waals surface area contributed by atoms with Crippen molar-refractivity contribution >= 4 is 45.6 Å². The van der Waals surface area contributed by atoms with E-state index in [0.717, 1.165) is 0 Å². The number of rotatable bonds is 5. The molecule has 2 aliphatic heterocycles. The van der Waals surface area contributed by atoms with Crippen molar-refractivity contribution in [1.82, 2.24) is 19.4 Å². The van der Waals surface area contributed by atoms with Crippen molar-refractivity contribution in [1.29, 1.82) is 5.26 Å². The molecule has 1 saturated heterocycles. The number of halogens is 5. The molecule has 48 heavy (non-hydrogen) atoms. The molecular formula is C34H34ClF4N7O2. The van der Waals surface area contributed by atoms with E-state index in [1.165, 1.54) is 16.7 Å². The lowest BCUT2D eigenvalue weighted by atomic mass is 9.93. The summed E-state index contributed by atoms with van der Waals surface area (Å²) >= 11 is 6.65. The standard InChI is InChI=1S/C34H34ClF4N7O2/c1-8-22(47)45-17(5)13-44(14-18(45)6)32-19-11-21(35)29(23-24(36)26(38)27(39)28(41)25(23)37)42-33(19)46(34(48)20(32)12-40)31-16(4)9-10-43(7)30(31)15(2)3/h8-11,15,17-18,30H,1,13-14,41H2,2-7H3/t17-,18+,30?. The number of carbonyl (C=O) groups excluding carboxylic acids is 1. The van der Waals surface area contributed by atoms with E-state index in [2.05, 4.69) is 17.6 Å². The Labute approximate surface area is 279 Å². The summed E-state index contributed by atoms with van der Waals surface area (Å²) in [5.74, 6) is -7.81. The largest absolute Gasteiger partial charge is 0.394 e. The van der Waals surface area contributed by atoms with Crippen molar-refractivity contribution in [2.75, 3.05) is 30.8 Å². The Bertz CT molecular complexity index is 2010. The Morgan fingerprint density at radius 1 is 1.15 bits per heavy atom. The van der Waals surface area contributed by atoms with Crippen LogP contribution in [-0.4, -0.2) is 63.5 Å². The second kappa shape index (κ2) is 12.6. The summed E-state index contributed by atoms with van der Waals surface area (Å²) in [6.07, 6.45) is 4.83. The maximum Gasteiger partial charge on any atom is 0.276 e. The third-order valence-electron chi connectivity index (χ3n) is 8.94. The van der Waals surface area contributed by atoms with Gasteiger partial charge in [0.2, 0.25) is 5.91 Å². The Morgan fingerprint density at radius 2 is 1.77 bits per heavy atom. The Balaban J connectivity index is 1.94. The first-order valence-corrected chi connectivity index (χ1v) is 15.6. The number of benzene rings is 1. The average molecular weight is 684 g/mol. The van der Waals surface area contributed by atoms with Gasteiger partial charge in [-0.25, -0.2) is 22.5 Å². The highest BCUT2D eigenvalue weighted by Crippen LogP contribution is 2.41. The summed E-state index contributed by atoms with van der Waals surface area (Å²) in [4.78, 5) is 37.1. The maximum atomic E-state index is 15.4. The van der Waals surface area contributed by atoms with Gasteiger partial charge in [-0.3, -0.25) is 14.2 Å². The lowest BCUT2D eigenvalue weighted by molar-refractivity contribution is -0.130. The van der Waals surface area contributed by atoms with Crippen LogP contribution in [0.15, 0.2) is 41.4 Å². The molecule has 4 heterocycles. The normalized spacial score (nSPS) is 19.8. The number of piperazine rings is 1. The molecule has 3 atom stereocenters. The SMILES string of the molecule is C=CC(=O)N1[C@H](C)CN(c2c(C#N)c(=O)n(C3=C(C)C=CN(C)C3C(C)C)c3nc(-c4c(F)c(N)c(F)c(F)c4F)c(Cl)cc23)C[C@@H]1C. The number of hydrogen-bond acceptors (Lipinski definition) is 7. The van der Waals surface area contributed by atoms with Crippen molar-refractivity contribution < 1.29 is 22.4 Å². The fourth-order valence-electron chi connectivity index (χ4n) is 6.93. The van der Waals surface area contributed by atoms with E-state index in [0.29, 0.717) is 11.3 Å². The zero-order valence-electron chi connectivity index (χ0n) is 27.2. The smallest absolute Gasteiger partial charge is 0.276 e. The maximum absolute atomic E-state index is 15.4. The minimum atomic E-state index is -2.02. The van der Waals surface area contributed by atoms with E-state index in [1.54, 1.807) is 22.8 Å². The predicted octanol–water partition coefficient (Wildman–Crippen LogP) is 6.05. The van der Waals surface area contributed by atoms with Gasteiger partial charge in [-0.15, -0.1) is 0 Å². The van der Waals surface area contributed by atoms with Gasteiger partial charge in [0, 0.05) is 37.6 Å². The molecule has 1 fully saturated rings. The number of nitriles is 1. The summed E-state index contributed by atoms with van der Waals surface area (Å²) in [7, 11) is 1.82. The number of allylic oxidation sites excluding steroid dienone is 2. The van der Waals surface area contributed by atoms with Gasteiger partial charge < -0.3 is 20.4 Å². The molecule has 1 unspecified atom stereocenters. The Hall–Kier alpha value is -4.83. The third kappa shape index (κ3) is 5.28. The minimum Gasteiger partial charge on any atom is -0.394 e. The summed E-state index contributed by atoms with van der Waals surface area (Å²) in [6, 6.07) is 2.16. The van der Waals surface area contributed by atoms with Crippen molar-refractivity contribution in [3.8, 4) is 17.3 Å². The zero-order chi connectivity index (χ0) is 35.5. The van der Waals surface area contributed by atoms with Crippen molar-refractivity contribution in [3.05, 3.63) is 80.8 Å². The second-order valence-corrected chi connectivity index (χ2v) is 12.9. The fraction of sp³-hybridized carbons (Fsp3) is 0.353. The van der Waals surface area contributed by atoms with Gasteiger partial charge in [0.25, 0.3) is 5.56 Å². The topological polar surface area (TPSA) is 111 Å². The first-order valence-electron chi connectivity index (χ1n) is 15.2. The number of hydrogen-bond donors (Lipinski definition) is 1. The first-order chi connectivity index (χ1) is 22.6. The molecule has 2 aliphatic rings. The molecule has 0 saturated carbocycles. The predicted molar refractivity (Wildman–Crippen MR) is 178 cm³/mol. The van der Waals surface area contributed by atoms with E-state index in [4.69, 9.17) is 17.3 Å². The van der Waals surface area contributed by atoms with Gasteiger partial charge >= 0.3 is 0 Å². The average Bonchev–Trinajstić information content (AvgIpc) is 3.03. The van der Waals surface area contributed by atoms with Crippen LogP contribution in [0.1, 0.15) is 40.2 Å². The summed E-state index contributed by atoms with van der Waals surface area (Å²) in [5.41, 5.74) is 2.55. The quantitative estimate of drug-likeness (QED) is 0.115. The molecule has 0 aliphatic carbocycles. The fourth-order valence-corrected chi connectivity index (χ4v) is 7.17. The summed E-state index contributed by atoms with van der Waals surface area (Å²) in [6.45, 7) is 13.3. The molecule has 14 heteroatoms. The van der Waals surface area contributed by atoms with Crippen LogP contribution in [0.25, 0.3) is 28.0 Å². The number of aromatic nitrogens is 2. The van der Waals surface area contributed by atoms with Gasteiger partial charge in [0.1, 0.15) is 23.0 Å². The highest BCUT2D eigenvalue weighted by Gasteiger charge is 2.37.